The Bertz CT molecular complexity index is 1370. The molecule has 0 aliphatic carbocycles. The Hall–Kier alpha value is -3.23. The molecular weight excluding hydrogens is 480 g/mol. The van der Waals surface area contributed by atoms with E-state index >= 15 is 0 Å². The maximum atomic E-state index is 5.21. The average Bonchev–Trinajstić information content (AvgIpc) is 3.28. The summed E-state index contributed by atoms with van der Waals surface area (Å²) in [6.45, 7) is 11.8. The lowest BCUT2D eigenvalue weighted by Crippen LogP contribution is -2.28. The van der Waals surface area contributed by atoms with Crippen molar-refractivity contribution in [2.24, 2.45) is 12.2 Å². The fraction of sp³-hybridized carbons (Fsp3) is 0.379. The summed E-state index contributed by atoms with van der Waals surface area (Å²) < 4.78 is 2.08. The number of rotatable bonds is 12. The molecule has 8 heteroatoms. The number of hydrogen-bond acceptors (Lipinski definition) is 7. The molecule has 0 bridgehead atoms. The molecule has 0 saturated carbocycles. The summed E-state index contributed by atoms with van der Waals surface area (Å²) in [6.07, 6.45) is 0.999. The van der Waals surface area contributed by atoms with Gasteiger partial charge in [0, 0.05) is 42.5 Å². The van der Waals surface area contributed by atoms with Gasteiger partial charge < -0.3 is 14.3 Å². The summed E-state index contributed by atoms with van der Waals surface area (Å²) in [5.74, 6) is 1.83. The van der Waals surface area contributed by atoms with Crippen molar-refractivity contribution >= 4 is 28.4 Å². The largest absolute Gasteiger partial charge is 0.396 e. The van der Waals surface area contributed by atoms with E-state index in [2.05, 4.69) is 85.3 Å². The zero-order valence-corrected chi connectivity index (χ0v) is 23.3. The van der Waals surface area contributed by atoms with E-state index in [9.17, 15) is 0 Å². The van der Waals surface area contributed by atoms with Crippen LogP contribution in [0.25, 0.3) is 22.3 Å². The van der Waals surface area contributed by atoms with E-state index in [0.717, 1.165) is 76.2 Å². The van der Waals surface area contributed by atoms with E-state index < -0.39 is 0 Å². The Labute approximate surface area is 223 Å². The second-order valence-corrected chi connectivity index (χ2v) is 10.1. The van der Waals surface area contributed by atoms with Crippen LogP contribution in [0.15, 0.2) is 64.9 Å². The van der Waals surface area contributed by atoms with Gasteiger partial charge in [-0.1, -0.05) is 48.1 Å². The Balaban J connectivity index is 1.32. The van der Waals surface area contributed by atoms with Crippen LogP contribution < -0.4 is 0 Å². The molecule has 2 heterocycles. The lowest BCUT2D eigenvalue weighted by Gasteiger charge is -2.20. The summed E-state index contributed by atoms with van der Waals surface area (Å²) in [4.78, 5) is 12.3. The number of fused-ring (bicyclic) bond motifs is 1. The third-order valence-corrected chi connectivity index (χ3v) is 7.40. The van der Waals surface area contributed by atoms with Crippen LogP contribution in [-0.2, 0) is 18.3 Å². The van der Waals surface area contributed by atoms with E-state index in [0.29, 0.717) is 6.61 Å². The smallest absolute Gasteiger partial charge is 0.191 e. The molecule has 0 amide bonds. The predicted molar refractivity (Wildman–Crippen MR) is 153 cm³/mol. The topological polar surface area (TPSA) is 68.4 Å². The summed E-state index contributed by atoms with van der Waals surface area (Å²) in [6, 6.07) is 19.0. The van der Waals surface area contributed by atoms with Crippen molar-refractivity contribution in [2.75, 3.05) is 32.0 Å². The second kappa shape index (κ2) is 12.8. The molecule has 0 spiro atoms. The number of benzene rings is 2. The van der Waals surface area contributed by atoms with Gasteiger partial charge in [-0.2, -0.15) is 0 Å². The summed E-state index contributed by atoms with van der Waals surface area (Å²) in [5, 5.41) is 15.2. The minimum atomic E-state index is 0.580. The molecule has 4 rings (SSSR count). The third kappa shape index (κ3) is 6.96. The van der Waals surface area contributed by atoms with E-state index in [1.165, 1.54) is 5.56 Å². The number of thioether (sulfide) groups is 1. The van der Waals surface area contributed by atoms with Crippen LogP contribution >= 0.6 is 11.8 Å². The molecule has 2 aromatic carbocycles. The first-order valence-electron chi connectivity index (χ1n) is 12.9. The van der Waals surface area contributed by atoms with Gasteiger partial charge in [0.2, 0.25) is 0 Å². The van der Waals surface area contributed by atoms with Gasteiger partial charge in [0.15, 0.2) is 11.0 Å². The average molecular weight is 517 g/mol. The van der Waals surface area contributed by atoms with E-state index in [1.54, 1.807) is 11.8 Å². The Morgan fingerprint density at radius 3 is 2.73 bits per heavy atom. The number of oxime groups is 1. The van der Waals surface area contributed by atoms with Crippen molar-refractivity contribution in [1.29, 1.82) is 0 Å². The molecule has 0 N–H and O–H groups in total. The first-order valence-corrected chi connectivity index (χ1v) is 13.8. The minimum Gasteiger partial charge on any atom is -0.396 e. The monoisotopic (exact) mass is 516 g/mol. The molecule has 0 aliphatic heterocycles. The standard InChI is InChI=1S/C29H36N6OS/c1-6-35(16-15-23-9-8-10-24(19-23)22(4)33-36-7-2)17-18-37-29-32-31-28(34(29)5)26-13-14-27-25(20-26)12-11-21(3)30-27/h8-14,19-20H,6-7,15-18H2,1-5H3/b33-22+. The van der Waals surface area contributed by atoms with Crippen LogP contribution in [0, 0.1) is 6.92 Å². The van der Waals surface area contributed by atoms with E-state index in [1.807, 2.05) is 33.9 Å². The highest BCUT2D eigenvalue weighted by Crippen LogP contribution is 2.25. The molecule has 0 aliphatic rings. The number of hydrogen-bond donors (Lipinski definition) is 0. The van der Waals surface area contributed by atoms with Gasteiger partial charge in [-0.05, 0) is 75.2 Å². The van der Waals surface area contributed by atoms with Gasteiger partial charge in [-0.15, -0.1) is 10.2 Å². The number of pyridine rings is 1. The highest BCUT2D eigenvalue weighted by atomic mass is 32.2. The number of aromatic nitrogens is 4. The first kappa shape index (κ1) is 26.8. The highest BCUT2D eigenvalue weighted by molar-refractivity contribution is 7.99. The molecule has 0 fully saturated rings. The first-order chi connectivity index (χ1) is 18.0. The Morgan fingerprint density at radius 1 is 1.05 bits per heavy atom. The molecule has 0 radical (unpaired) electrons. The highest BCUT2D eigenvalue weighted by Gasteiger charge is 2.13. The summed E-state index contributed by atoms with van der Waals surface area (Å²) in [5.41, 5.74) is 6.41. The summed E-state index contributed by atoms with van der Waals surface area (Å²) >= 11 is 1.75. The van der Waals surface area contributed by atoms with Crippen LogP contribution in [0.2, 0.25) is 0 Å². The van der Waals surface area contributed by atoms with Crippen molar-refractivity contribution in [3.63, 3.8) is 0 Å². The summed E-state index contributed by atoms with van der Waals surface area (Å²) in [7, 11) is 2.04. The van der Waals surface area contributed by atoms with Crippen LogP contribution in [0.4, 0.5) is 0 Å². The van der Waals surface area contributed by atoms with Gasteiger partial charge in [-0.25, -0.2) is 0 Å². The lowest BCUT2D eigenvalue weighted by molar-refractivity contribution is 0.159. The van der Waals surface area contributed by atoms with Crippen LogP contribution in [-0.4, -0.2) is 62.4 Å². The quantitative estimate of drug-likeness (QED) is 0.136. The molecule has 7 nitrogen and oxygen atoms in total. The van der Waals surface area contributed by atoms with E-state index in [-0.39, 0.29) is 0 Å². The van der Waals surface area contributed by atoms with Crippen LogP contribution in [0.1, 0.15) is 37.6 Å². The molecule has 37 heavy (non-hydrogen) atoms. The number of nitrogens with zero attached hydrogens (tertiary/aromatic N) is 6. The zero-order chi connectivity index (χ0) is 26.2. The van der Waals surface area contributed by atoms with Crippen molar-refractivity contribution < 1.29 is 4.84 Å². The molecule has 2 aromatic heterocycles. The Morgan fingerprint density at radius 2 is 1.92 bits per heavy atom. The molecular formula is C29H36N6OS. The lowest BCUT2D eigenvalue weighted by atomic mass is 10.1. The minimum absolute atomic E-state index is 0.580. The molecule has 0 saturated heterocycles. The van der Waals surface area contributed by atoms with Crippen LogP contribution in [0.5, 0.6) is 0 Å². The van der Waals surface area contributed by atoms with Crippen molar-refractivity contribution in [3.05, 3.63) is 71.4 Å². The fourth-order valence-electron chi connectivity index (χ4n) is 4.21. The maximum absolute atomic E-state index is 5.21. The van der Waals surface area contributed by atoms with Gasteiger partial charge >= 0.3 is 0 Å². The number of aryl methyl sites for hydroxylation is 1. The fourth-order valence-corrected chi connectivity index (χ4v) is 5.12. The van der Waals surface area contributed by atoms with Gasteiger partial charge in [0.1, 0.15) is 6.61 Å². The normalized spacial score (nSPS) is 12.0. The van der Waals surface area contributed by atoms with Crippen molar-refractivity contribution in [3.8, 4) is 11.4 Å². The van der Waals surface area contributed by atoms with Crippen LogP contribution in [0.3, 0.4) is 0 Å². The maximum Gasteiger partial charge on any atom is 0.191 e. The molecule has 0 unspecified atom stereocenters. The third-order valence-electron chi connectivity index (χ3n) is 6.40. The van der Waals surface area contributed by atoms with Gasteiger partial charge in [0.25, 0.3) is 0 Å². The molecule has 0 atom stereocenters. The zero-order valence-electron chi connectivity index (χ0n) is 22.4. The molecule has 4 aromatic rings. The number of likely N-dealkylation sites (N-methyl/N-ethyl adjacent to an activating group) is 1. The van der Waals surface area contributed by atoms with Gasteiger partial charge in [-0.3, -0.25) is 4.98 Å². The van der Waals surface area contributed by atoms with Gasteiger partial charge in [0.05, 0.1) is 11.2 Å². The molecule has 194 valence electrons. The Kier molecular flexibility index (Phi) is 9.30. The van der Waals surface area contributed by atoms with E-state index in [4.69, 9.17) is 4.84 Å². The second-order valence-electron chi connectivity index (χ2n) is 9.05. The van der Waals surface area contributed by atoms with Crippen molar-refractivity contribution in [1.82, 2.24) is 24.6 Å². The van der Waals surface area contributed by atoms with Crippen molar-refractivity contribution in [2.45, 2.75) is 39.3 Å². The predicted octanol–water partition coefficient (Wildman–Crippen LogP) is 5.76. The SMILES string of the molecule is CCO/N=C(\C)c1cccc(CCN(CC)CCSc2nnc(-c3ccc4nc(C)ccc4c3)n2C)c1.